The first-order valence-corrected chi connectivity index (χ1v) is 5.11. The summed E-state index contributed by atoms with van der Waals surface area (Å²) in [5.41, 5.74) is 5.31. The third-order valence-corrected chi connectivity index (χ3v) is 2.45. The predicted octanol–water partition coefficient (Wildman–Crippen LogP) is 0.988. The Hall–Kier alpha value is -0.330. The fraction of sp³-hybridized carbons (Fsp3) is 1.00. The smallest absolute Gasteiger partial charge is 0.380 e. The van der Waals surface area contributed by atoms with Gasteiger partial charge in [0.05, 0.1) is 13.2 Å². The first kappa shape index (κ1) is 12.7. The largest absolute Gasteiger partial charge is 0.401 e. The summed E-state index contributed by atoms with van der Waals surface area (Å²) >= 11 is 0. The van der Waals surface area contributed by atoms with Gasteiger partial charge >= 0.3 is 6.18 Å². The molecule has 0 radical (unpaired) electrons. The summed E-state index contributed by atoms with van der Waals surface area (Å²) in [5, 5.41) is 0. The van der Waals surface area contributed by atoms with Crippen LogP contribution >= 0.6 is 0 Å². The SMILES string of the molecule is NCCN(CC(F)(F)F)C1CCCOC1. The van der Waals surface area contributed by atoms with Gasteiger partial charge in [0.25, 0.3) is 0 Å². The van der Waals surface area contributed by atoms with Gasteiger partial charge in [0, 0.05) is 25.7 Å². The van der Waals surface area contributed by atoms with Crippen molar-refractivity contribution < 1.29 is 17.9 Å². The molecule has 1 heterocycles. The molecule has 0 spiro atoms. The quantitative estimate of drug-likeness (QED) is 0.777. The molecule has 1 fully saturated rings. The lowest BCUT2D eigenvalue weighted by molar-refractivity contribution is -0.155. The minimum Gasteiger partial charge on any atom is -0.380 e. The molecule has 2 N–H and O–H groups in total. The number of nitrogens with two attached hydrogens (primary N) is 1. The average molecular weight is 226 g/mol. The Labute approximate surface area is 87.4 Å². The Morgan fingerprint density at radius 3 is 2.60 bits per heavy atom. The zero-order valence-corrected chi connectivity index (χ0v) is 8.59. The second kappa shape index (κ2) is 5.67. The second-order valence-corrected chi connectivity index (χ2v) is 3.75. The average Bonchev–Trinajstić information content (AvgIpc) is 2.17. The molecule has 1 rings (SSSR count). The molecule has 15 heavy (non-hydrogen) atoms. The molecular weight excluding hydrogens is 209 g/mol. The summed E-state index contributed by atoms with van der Waals surface area (Å²) in [7, 11) is 0. The van der Waals surface area contributed by atoms with Crippen LogP contribution in [0, 0.1) is 0 Å². The van der Waals surface area contributed by atoms with Crippen LogP contribution in [0.25, 0.3) is 0 Å². The summed E-state index contributed by atoms with van der Waals surface area (Å²) in [5.74, 6) is 0. The predicted molar refractivity (Wildman–Crippen MR) is 50.5 cm³/mol. The number of rotatable bonds is 4. The normalized spacial score (nSPS) is 23.4. The first-order valence-electron chi connectivity index (χ1n) is 5.11. The standard InChI is InChI=1S/C9H17F3N2O/c10-9(11,12)7-14(4-3-13)8-2-1-5-15-6-8/h8H,1-7,13H2. The highest BCUT2D eigenvalue weighted by molar-refractivity contribution is 4.76. The highest BCUT2D eigenvalue weighted by Crippen LogP contribution is 2.20. The highest BCUT2D eigenvalue weighted by Gasteiger charge is 2.34. The molecule has 90 valence electrons. The summed E-state index contributed by atoms with van der Waals surface area (Å²) in [6.07, 6.45) is -2.58. The summed E-state index contributed by atoms with van der Waals surface area (Å²) in [4.78, 5) is 1.37. The lowest BCUT2D eigenvalue weighted by Gasteiger charge is -2.34. The summed E-state index contributed by atoms with van der Waals surface area (Å²) in [6, 6.07) is -0.135. The van der Waals surface area contributed by atoms with Crippen LogP contribution in [0.4, 0.5) is 13.2 Å². The number of alkyl halides is 3. The summed E-state index contributed by atoms with van der Waals surface area (Å²) in [6.45, 7) is 0.660. The molecule has 1 saturated heterocycles. The minimum absolute atomic E-state index is 0.135. The van der Waals surface area contributed by atoms with E-state index in [0.717, 1.165) is 12.8 Å². The van der Waals surface area contributed by atoms with Crippen molar-refractivity contribution in [1.82, 2.24) is 4.90 Å². The monoisotopic (exact) mass is 226 g/mol. The number of hydrogen-bond acceptors (Lipinski definition) is 3. The van der Waals surface area contributed by atoms with E-state index in [1.807, 2.05) is 0 Å². The van der Waals surface area contributed by atoms with Gasteiger partial charge < -0.3 is 10.5 Å². The lowest BCUT2D eigenvalue weighted by Crippen LogP contribution is -2.47. The Morgan fingerprint density at radius 1 is 1.40 bits per heavy atom. The van der Waals surface area contributed by atoms with E-state index < -0.39 is 12.7 Å². The molecule has 1 unspecified atom stereocenters. The third kappa shape index (κ3) is 4.81. The van der Waals surface area contributed by atoms with Crippen LogP contribution < -0.4 is 5.73 Å². The van der Waals surface area contributed by atoms with Crippen molar-refractivity contribution >= 4 is 0 Å². The van der Waals surface area contributed by atoms with E-state index in [0.29, 0.717) is 13.2 Å². The van der Waals surface area contributed by atoms with Crippen molar-refractivity contribution in [2.45, 2.75) is 25.1 Å². The second-order valence-electron chi connectivity index (χ2n) is 3.75. The van der Waals surface area contributed by atoms with Gasteiger partial charge in [-0.1, -0.05) is 0 Å². The van der Waals surface area contributed by atoms with Gasteiger partial charge in [-0.3, -0.25) is 4.90 Å². The van der Waals surface area contributed by atoms with Gasteiger partial charge in [-0.05, 0) is 12.8 Å². The highest BCUT2D eigenvalue weighted by atomic mass is 19.4. The van der Waals surface area contributed by atoms with Crippen LogP contribution in [-0.4, -0.2) is 50.0 Å². The molecule has 0 bridgehead atoms. The maximum Gasteiger partial charge on any atom is 0.401 e. The number of nitrogens with zero attached hydrogens (tertiary/aromatic N) is 1. The molecule has 3 nitrogen and oxygen atoms in total. The van der Waals surface area contributed by atoms with E-state index in [9.17, 15) is 13.2 Å². The van der Waals surface area contributed by atoms with Gasteiger partial charge in [0.1, 0.15) is 0 Å². The number of halogens is 3. The van der Waals surface area contributed by atoms with Crippen LogP contribution in [-0.2, 0) is 4.74 Å². The molecule has 0 aliphatic carbocycles. The van der Waals surface area contributed by atoms with Crippen molar-refractivity contribution in [3.05, 3.63) is 0 Å². The molecule has 0 aromatic carbocycles. The van der Waals surface area contributed by atoms with Crippen molar-refractivity contribution in [2.24, 2.45) is 5.73 Å². The third-order valence-electron chi connectivity index (χ3n) is 2.45. The van der Waals surface area contributed by atoms with E-state index in [1.54, 1.807) is 0 Å². The maximum atomic E-state index is 12.3. The van der Waals surface area contributed by atoms with Crippen LogP contribution in [0.1, 0.15) is 12.8 Å². The van der Waals surface area contributed by atoms with Crippen molar-refractivity contribution in [3.63, 3.8) is 0 Å². The molecule has 6 heteroatoms. The minimum atomic E-state index is -4.16. The van der Waals surface area contributed by atoms with Crippen molar-refractivity contribution in [3.8, 4) is 0 Å². The molecule has 0 aromatic rings. The molecule has 1 atom stereocenters. The van der Waals surface area contributed by atoms with Gasteiger partial charge in [-0.2, -0.15) is 13.2 Å². The molecule has 0 saturated carbocycles. The zero-order chi connectivity index (χ0) is 11.3. The van der Waals surface area contributed by atoms with Gasteiger partial charge in [0.2, 0.25) is 0 Å². The molecule has 0 amide bonds. The van der Waals surface area contributed by atoms with Crippen LogP contribution in [0.15, 0.2) is 0 Å². The van der Waals surface area contributed by atoms with E-state index in [-0.39, 0.29) is 19.1 Å². The van der Waals surface area contributed by atoms with E-state index in [4.69, 9.17) is 10.5 Å². The topological polar surface area (TPSA) is 38.5 Å². The van der Waals surface area contributed by atoms with E-state index >= 15 is 0 Å². The van der Waals surface area contributed by atoms with E-state index in [1.165, 1.54) is 4.90 Å². The van der Waals surface area contributed by atoms with Crippen LogP contribution in [0.2, 0.25) is 0 Å². The van der Waals surface area contributed by atoms with Gasteiger partial charge in [0.15, 0.2) is 0 Å². The summed E-state index contributed by atoms with van der Waals surface area (Å²) < 4.78 is 42.0. The van der Waals surface area contributed by atoms with E-state index in [2.05, 4.69) is 0 Å². The molecule has 0 aromatic heterocycles. The lowest BCUT2D eigenvalue weighted by atomic mass is 10.1. The zero-order valence-electron chi connectivity index (χ0n) is 8.59. The Kier molecular flexibility index (Phi) is 4.82. The number of ether oxygens (including phenoxy) is 1. The molecule has 1 aliphatic rings. The van der Waals surface area contributed by atoms with Crippen LogP contribution in [0.5, 0.6) is 0 Å². The fourth-order valence-corrected chi connectivity index (χ4v) is 1.80. The fourth-order valence-electron chi connectivity index (χ4n) is 1.80. The molecule has 1 aliphatic heterocycles. The Morgan fingerprint density at radius 2 is 2.13 bits per heavy atom. The number of hydrogen-bond donors (Lipinski definition) is 1. The van der Waals surface area contributed by atoms with Crippen LogP contribution in [0.3, 0.4) is 0 Å². The van der Waals surface area contributed by atoms with Gasteiger partial charge in [-0.25, -0.2) is 0 Å². The van der Waals surface area contributed by atoms with Crippen molar-refractivity contribution in [2.75, 3.05) is 32.8 Å². The van der Waals surface area contributed by atoms with Gasteiger partial charge in [-0.15, -0.1) is 0 Å². The Bertz CT molecular complexity index is 181. The first-order chi connectivity index (χ1) is 7.03. The van der Waals surface area contributed by atoms with Crippen molar-refractivity contribution in [1.29, 1.82) is 0 Å². The molecular formula is C9H17F3N2O. The Balaban J connectivity index is 2.47. The maximum absolute atomic E-state index is 12.3.